The van der Waals surface area contributed by atoms with Gasteiger partial charge in [-0.15, -0.1) is 12.4 Å². The summed E-state index contributed by atoms with van der Waals surface area (Å²) in [5.41, 5.74) is 5.23. The molecule has 0 aliphatic heterocycles. The average Bonchev–Trinajstić information content (AvgIpc) is 2.28. The van der Waals surface area contributed by atoms with E-state index in [1.54, 1.807) is 12.1 Å². The van der Waals surface area contributed by atoms with Gasteiger partial charge in [0.1, 0.15) is 5.75 Å². The van der Waals surface area contributed by atoms with Gasteiger partial charge in [0.2, 0.25) is 10.0 Å². The molecule has 0 heterocycles. The Morgan fingerprint density at radius 3 is 2.35 bits per heavy atom. The van der Waals surface area contributed by atoms with Crippen molar-refractivity contribution in [2.24, 2.45) is 5.73 Å². The topological polar surface area (TPSA) is 81.4 Å². The molecule has 0 amide bonds. The van der Waals surface area contributed by atoms with Crippen molar-refractivity contribution >= 4 is 22.4 Å². The number of ether oxygens (including phenoxy) is 1. The van der Waals surface area contributed by atoms with Crippen LogP contribution in [0.15, 0.2) is 29.2 Å². The quantitative estimate of drug-likeness (QED) is 0.805. The van der Waals surface area contributed by atoms with Crippen molar-refractivity contribution in [3.63, 3.8) is 0 Å². The Bertz CT molecular complexity index is 420. The molecule has 1 rings (SSSR count). The van der Waals surface area contributed by atoms with Crippen LogP contribution in [0.25, 0.3) is 0 Å². The second-order valence-corrected chi connectivity index (χ2v) is 4.86. The SMILES string of the molecule is CCOc1ccc(S(=O)(=O)NCCN)cc1.Cl. The summed E-state index contributed by atoms with van der Waals surface area (Å²) in [4.78, 5) is 0.212. The molecule has 0 radical (unpaired) electrons. The van der Waals surface area contributed by atoms with E-state index >= 15 is 0 Å². The average molecular weight is 281 g/mol. The van der Waals surface area contributed by atoms with E-state index in [9.17, 15) is 8.42 Å². The van der Waals surface area contributed by atoms with Crippen LogP contribution in [-0.4, -0.2) is 28.1 Å². The normalized spacial score (nSPS) is 10.7. The van der Waals surface area contributed by atoms with Crippen LogP contribution in [0.2, 0.25) is 0 Å². The molecule has 7 heteroatoms. The lowest BCUT2D eigenvalue weighted by molar-refractivity contribution is 0.340. The summed E-state index contributed by atoms with van der Waals surface area (Å²) in [6.07, 6.45) is 0. The molecule has 3 N–H and O–H groups in total. The first-order valence-electron chi connectivity index (χ1n) is 5.02. The van der Waals surface area contributed by atoms with E-state index < -0.39 is 10.0 Å². The van der Waals surface area contributed by atoms with Crippen molar-refractivity contribution in [2.45, 2.75) is 11.8 Å². The first-order valence-corrected chi connectivity index (χ1v) is 6.51. The zero-order chi connectivity index (χ0) is 12.0. The van der Waals surface area contributed by atoms with Crippen molar-refractivity contribution in [3.8, 4) is 5.75 Å². The fraction of sp³-hybridized carbons (Fsp3) is 0.400. The summed E-state index contributed by atoms with van der Waals surface area (Å²) in [6.45, 7) is 2.93. The number of rotatable bonds is 6. The van der Waals surface area contributed by atoms with Gasteiger partial charge in [0.25, 0.3) is 0 Å². The molecule has 0 aliphatic rings. The minimum absolute atomic E-state index is 0. The van der Waals surface area contributed by atoms with Gasteiger partial charge in [-0.2, -0.15) is 0 Å². The van der Waals surface area contributed by atoms with E-state index in [0.717, 1.165) is 0 Å². The van der Waals surface area contributed by atoms with Crippen LogP contribution in [0.1, 0.15) is 6.92 Å². The molecule has 0 atom stereocenters. The fourth-order valence-corrected chi connectivity index (χ4v) is 2.21. The van der Waals surface area contributed by atoms with E-state index in [0.29, 0.717) is 12.4 Å². The number of nitrogens with two attached hydrogens (primary N) is 1. The number of nitrogens with one attached hydrogen (secondary N) is 1. The first kappa shape index (κ1) is 16.2. The van der Waals surface area contributed by atoms with Crippen molar-refractivity contribution < 1.29 is 13.2 Å². The van der Waals surface area contributed by atoms with Gasteiger partial charge >= 0.3 is 0 Å². The number of hydrogen-bond acceptors (Lipinski definition) is 4. The Kier molecular flexibility index (Phi) is 7.13. The maximum absolute atomic E-state index is 11.7. The summed E-state index contributed by atoms with van der Waals surface area (Å²) in [7, 11) is -3.44. The van der Waals surface area contributed by atoms with E-state index in [1.807, 2.05) is 6.92 Å². The van der Waals surface area contributed by atoms with E-state index in [2.05, 4.69) is 4.72 Å². The van der Waals surface area contributed by atoms with Crippen LogP contribution >= 0.6 is 12.4 Å². The molecule has 5 nitrogen and oxygen atoms in total. The fourth-order valence-electron chi connectivity index (χ4n) is 1.16. The maximum Gasteiger partial charge on any atom is 0.240 e. The third kappa shape index (κ3) is 4.91. The largest absolute Gasteiger partial charge is 0.494 e. The minimum atomic E-state index is -3.44. The van der Waals surface area contributed by atoms with Gasteiger partial charge in [-0.3, -0.25) is 0 Å². The van der Waals surface area contributed by atoms with Crippen LogP contribution in [0.3, 0.4) is 0 Å². The van der Waals surface area contributed by atoms with Gasteiger partial charge in [-0.1, -0.05) is 0 Å². The van der Waals surface area contributed by atoms with Gasteiger partial charge < -0.3 is 10.5 Å². The van der Waals surface area contributed by atoms with Gasteiger partial charge in [-0.05, 0) is 31.2 Å². The van der Waals surface area contributed by atoms with Gasteiger partial charge in [0, 0.05) is 13.1 Å². The van der Waals surface area contributed by atoms with Crippen molar-refractivity contribution in [2.75, 3.05) is 19.7 Å². The molecule has 0 aliphatic carbocycles. The minimum Gasteiger partial charge on any atom is -0.494 e. The molecule has 0 spiro atoms. The highest BCUT2D eigenvalue weighted by Gasteiger charge is 2.12. The highest BCUT2D eigenvalue weighted by atomic mass is 35.5. The molecular weight excluding hydrogens is 264 g/mol. The Hall–Kier alpha value is -0.820. The van der Waals surface area contributed by atoms with Gasteiger partial charge in [-0.25, -0.2) is 13.1 Å². The Morgan fingerprint density at radius 2 is 1.88 bits per heavy atom. The summed E-state index contributed by atoms with van der Waals surface area (Å²) < 4.78 is 30.9. The van der Waals surface area contributed by atoms with Gasteiger partial charge in [0.05, 0.1) is 11.5 Å². The smallest absolute Gasteiger partial charge is 0.240 e. The molecule has 1 aromatic carbocycles. The monoisotopic (exact) mass is 280 g/mol. The molecule has 1 aromatic rings. The lowest BCUT2D eigenvalue weighted by Gasteiger charge is -2.07. The lowest BCUT2D eigenvalue weighted by atomic mass is 10.3. The standard InChI is InChI=1S/C10H16N2O3S.ClH/c1-2-15-9-3-5-10(6-4-9)16(13,14)12-8-7-11;/h3-6,12H,2,7-8,11H2,1H3;1H. The van der Waals surface area contributed by atoms with E-state index in [1.165, 1.54) is 12.1 Å². The van der Waals surface area contributed by atoms with Crippen molar-refractivity contribution in [3.05, 3.63) is 24.3 Å². The molecule has 0 saturated heterocycles. The molecule has 0 unspecified atom stereocenters. The molecule has 0 saturated carbocycles. The second-order valence-electron chi connectivity index (χ2n) is 3.09. The first-order chi connectivity index (χ1) is 7.60. The molecular formula is C10H17ClN2O3S. The van der Waals surface area contributed by atoms with Crippen LogP contribution < -0.4 is 15.2 Å². The highest BCUT2D eigenvalue weighted by molar-refractivity contribution is 7.89. The van der Waals surface area contributed by atoms with Crippen LogP contribution in [0.4, 0.5) is 0 Å². The summed E-state index contributed by atoms with van der Waals surface area (Å²) >= 11 is 0. The molecule has 17 heavy (non-hydrogen) atoms. The molecule has 0 fully saturated rings. The maximum atomic E-state index is 11.7. The van der Waals surface area contributed by atoms with Crippen LogP contribution in [0, 0.1) is 0 Å². The second kappa shape index (κ2) is 7.50. The number of benzene rings is 1. The van der Waals surface area contributed by atoms with Crippen molar-refractivity contribution in [1.82, 2.24) is 4.72 Å². The molecule has 0 aromatic heterocycles. The molecule has 0 bridgehead atoms. The Labute approximate surface area is 108 Å². The zero-order valence-electron chi connectivity index (χ0n) is 9.55. The number of sulfonamides is 1. The lowest BCUT2D eigenvalue weighted by Crippen LogP contribution is -2.29. The predicted molar refractivity (Wildman–Crippen MR) is 69.1 cm³/mol. The Balaban J connectivity index is 0.00000256. The number of halogens is 1. The third-order valence-electron chi connectivity index (χ3n) is 1.88. The number of hydrogen-bond donors (Lipinski definition) is 2. The summed E-state index contributed by atoms with van der Waals surface area (Å²) in [5.74, 6) is 0.653. The molecule has 98 valence electrons. The van der Waals surface area contributed by atoms with E-state index in [4.69, 9.17) is 10.5 Å². The summed E-state index contributed by atoms with van der Waals surface area (Å²) in [5, 5.41) is 0. The van der Waals surface area contributed by atoms with Crippen LogP contribution in [0.5, 0.6) is 5.75 Å². The van der Waals surface area contributed by atoms with E-state index in [-0.39, 0.29) is 30.4 Å². The van der Waals surface area contributed by atoms with Crippen molar-refractivity contribution in [1.29, 1.82) is 0 Å². The van der Waals surface area contributed by atoms with Crippen LogP contribution in [-0.2, 0) is 10.0 Å². The predicted octanol–water partition coefficient (Wildman–Crippen LogP) is 0.744. The third-order valence-corrected chi connectivity index (χ3v) is 3.36. The Morgan fingerprint density at radius 1 is 1.29 bits per heavy atom. The highest BCUT2D eigenvalue weighted by Crippen LogP contribution is 2.15. The van der Waals surface area contributed by atoms with Gasteiger partial charge in [0.15, 0.2) is 0 Å². The summed E-state index contributed by atoms with van der Waals surface area (Å²) in [6, 6.07) is 6.26. The zero-order valence-corrected chi connectivity index (χ0v) is 11.2.